The first-order valence-corrected chi connectivity index (χ1v) is 4.65. The standard InChI is InChI=1S/C11H14F3N/c1-11(2,15)6-7-4-3-5-8(12)9(7)10(13)14/h3-5,10H,6,15H2,1-2H3. The molecule has 0 aliphatic rings. The summed E-state index contributed by atoms with van der Waals surface area (Å²) in [5, 5.41) is 0. The number of benzene rings is 1. The van der Waals surface area contributed by atoms with Crippen molar-refractivity contribution in [3.05, 3.63) is 35.1 Å². The van der Waals surface area contributed by atoms with Crippen LogP contribution in [0.25, 0.3) is 0 Å². The predicted octanol–water partition coefficient (Wildman–Crippen LogP) is 3.04. The molecule has 0 aromatic heterocycles. The van der Waals surface area contributed by atoms with Gasteiger partial charge in [0.25, 0.3) is 6.43 Å². The Labute approximate surface area is 87.1 Å². The van der Waals surface area contributed by atoms with Gasteiger partial charge in [-0.1, -0.05) is 12.1 Å². The molecule has 0 spiro atoms. The van der Waals surface area contributed by atoms with Crippen LogP contribution in [0.1, 0.15) is 31.4 Å². The first kappa shape index (κ1) is 12.0. The number of hydrogen-bond acceptors (Lipinski definition) is 1. The van der Waals surface area contributed by atoms with Crippen LogP contribution in [-0.2, 0) is 6.42 Å². The zero-order valence-electron chi connectivity index (χ0n) is 8.73. The average Bonchev–Trinajstić information content (AvgIpc) is 1.99. The Balaban J connectivity index is 3.12. The summed E-state index contributed by atoms with van der Waals surface area (Å²) < 4.78 is 38.3. The fourth-order valence-electron chi connectivity index (χ4n) is 1.47. The molecule has 0 fully saturated rings. The molecule has 1 nitrogen and oxygen atoms in total. The SMILES string of the molecule is CC(C)(N)Cc1cccc(F)c1C(F)F. The normalized spacial score (nSPS) is 12.2. The third kappa shape index (κ3) is 3.23. The molecule has 0 heterocycles. The van der Waals surface area contributed by atoms with E-state index >= 15 is 0 Å². The molecule has 1 rings (SSSR count). The maximum atomic E-state index is 13.2. The van der Waals surface area contributed by atoms with Crippen LogP contribution in [0.3, 0.4) is 0 Å². The third-order valence-corrected chi connectivity index (χ3v) is 2.01. The minimum absolute atomic E-state index is 0.227. The topological polar surface area (TPSA) is 26.0 Å². The lowest BCUT2D eigenvalue weighted by molar-refractivity contribution is 0.144. The number of hydrogen-bond donors (Lipinski definition) is 1. The molecule has 0 amide bonds. The second kappa shape index (κ2) is 4.23. The van der Waals surface area contributed by atoms with Crippen molar-refractivity contribution in [2.45, 2.75) is 32.2 Å². The van der Waals surface area contributed by atoms with Gasteiger partial charge in [-0.15, -0.1) is 0 Å². The molecule has 4 heteroatoms. The lowest BCUT2D eigenvalue weighted by atomic mass is 9.93. The first-order chi connectivity index (χ1) is 6.81. The van der Waals surface area contributed by atoms with E-state index in [0.717, 1.165) is 6.07 Å². The van der Waals surface area contributed by atoms with Gasteiger partial charge in [0.15, 0.2) is 0 Å². The van der Waals surface area contributed by atoms with Gasteiger partial charge in [-0.05, 0) is 31.9 Å². The van der Waals surface area contributed by atoms with Gasteiger partial charge in [-0.2, -0.15) is 0 Å². The maximum absolute atomic E-state index is 13.2. The van der Waals surface area contributed by atoms with Gasteiger partial charge < -0.3 is 5.73 Å². The minimum atomic E-state index is -2.80. The molecule has 0 saturated heterocycles. The highest BCUT2D eigenvalue weighted by molar-refractivity contribution is 5.31. The van der Waals surface area contributed by atoms with Crippen LogP contribution in [0.5, 0.6) is 0 Å². The van der Waals surface area contributed by atoms with Gasteiger partial charge in [0, 0.05) is 5.54 Å². The Morgan fingerprint density at radius 3 is 2.40 bits per heavy atom. The van der Waals surface area contributed by atoms with Crippen molar-refractivity contribution < 1.29 is 13.2 Å². The molecule has 1 aromatic carbocycles. The van der Waals surface area contributed by atoms with Crippen molar-refractivity contribution in [1.82, 2.24) is 0 Å². The highest BCUT2D eigenvalue weighted by Crippen LogP contribution is 2.27. The first-order valence-electron chi connectivity index (χ1n) is 4.65. The molecular formula is C11H14F3N. The maximum Gasteiger partial charge on any atom is 0.266 e. The average molecular weight is 217 g/mol. The number of alkyl halides is 2. The second-order valence-electron chi connectivity index (χ2n) is 4.28. The van der Waals surface area contributed by atoms with Crippen LogP contribution in [0.15, 0.2) is 18.2 Å². The quantitative estimate of drug-likeness (QED) is 0.827. The van der Waals surface area contributed by atoms with E-state index in [2.05, 4.69) is 0 Å². The fraction of sp³-hybridized carbons (Fsp3) is 0.455. The van der Waals surface area contributed by atoms with Crippen LogP contribution < -0.4 is 5.73 Å². The van der Waals surface area contributed by atoms with Crippen LogP contribution in [0.4, 0.5) is 13.2 Å². The van der Waals surface area contributed by atoms with Gasteiger partial charge in [-0.3, -0.25) is 0 Å². The molecule has 0 atom stereocenters. The van der Waals surface area contributed by atoms with E-state index in [-0.39, 0.29) is 12.0 Å². The smallest absolute Gasteiger partial charge is 0.266 e. The summed E-state index contributed by atoms with van der Waals surface area (Å²) in [7, 11) is 0. The highest BCUT2D eigenvalue weighted by Gasteiger charge is 2.21. The monoisotopic (exact) mass is 217 g/mol. The molecule has 1 aromatic rings. The van der Waals surface area contributed by atoms with Crippen LogP contribution in [-0.4, -0.2) is 5.54 Å². The molecule has 0 unspecified atom stereocenters. The van der Waals surface area contributed by atoms with E-state index in [1.165, 1.54) is 12.1 Å². The summed E-state index contributed by atoms with van der Waals surface area (Å²) in [6.45, 7) is 3.43. The van der Waals surface area contributed by atoms with Crippen LogP contribution in [0, 0.1) is 5.82 Å². The lowest BCUT2D eigenvalue weighted by Gasteiger charge is -2.20. The minimum Gasteiger partial charge on any atom is -0.325 e. The van der Waals surface area contributed by atoms with E-state index in [1.807, 2.05) is 0 Å². The summed E-state index contributed by atoms with van der Waals surface area (Å²) in [5.41, 5.74) is 4.84. The number of nitrogens with two attached hydrogens (primary N) is 1. The molecule has 84 valence electrons. The van der Waals surface area contributed by atoms with Gasteiger partial charge >= 0.3 is 0 Å². The van der Waals surface area contributed by atoms with E-state index in [1.54, 1.807) is 13.8 Å². The molecule has 0 saturated carbocycles. The van der Waals surface area contributed by atoms with Gasteiger partial charge in [0.05, 0.1) is 5.56 Å². The van der Waals surface area contributed by atoms with Crippen LogP contribution in [0.2, 0.25) is 0 Å². The van der Waals surface area contributed by atoms with Crippen molar-refractivity contribution in [2.24, 2.45) is 5.73 Å². The van der Waals surface area contributed by atoms with E-state index < -0.39 is 23.3 Å². The van der Waals surface area contributed by atoms with Crippen molar-refractivity contribution in [2.75, 3.05) is 0 Å². The van der Waals surface area contributed by atoms with Gasteiger partial charge in [0.1, 0.15) is 5.82 Å². The summed E-state index contributed by atoms with van der Waals surface area (Å²) in [6.07, 6.45) is -2.58. The Bertz CT molecular complexity index is 342. The largest absolute Gasteiger partial charge is 0.325 e. The van der Waals surface area contributed by atoms with E-state index in [0.29, 0.717) is 0 Å². The summed E-state index contributed by atoms with van der Waals surface area (Å²) in [6, 6.07) is 3.94. The van der Waals surface area contributed by atoms with Crippen molar-refractivity contribution in [1.29, 1.82) is 0 Å². The third-order valence-electron chi connectivity index (χ3n) is 2.01. The zero-order valence-corrected chi connectivity index (χ0v) is 8.73. The molecule has 0 bridgehead atoms. The number of rotatable bonds is 3. The van der Waals surface area contributed by atoms with Gasteiger partial charge in [0.2, 0.25) is 0 Å². The fourth-order valence-corrected chi connectivity index (χ4v) is 1.47. The van der Waals surface area contributed by atoms with E-state index in [9.17, 15) is 13.2 Å². The molecular weight excluding hydrogens is 203 g/mol. The Hall–Kier alpha value is -1.03. The molecule has 0 aliphatic heterocycles. The van der Waals surface area contributed by atoms with Crippen LogP contribution >= 0.6 is 0 Å². The Morgan fingerprint density at radius 2 is 1.93 bits per heavy atom. The Morgan fingerprint density at radius 1 is 1.33 bits per heavy atom. The molecule has 2 N–H and O–H groups in total. The predicted molar refractivity (Wildman–Crippen MR) is 53.3 cm³/mol. The van der Waals surface area contributed by atoms with Gasteiger partial charge in [-0.25, -0.2) is 13.2 Å². The summed E-state index contributed by atoms with van der Waals surface area (Å²) in [5.74, 6) is -0.869. The molecule has 15 heavy (non-hydrogen) atoms. The van der Waals surface area contributed by atoms with Crippen molar-refractivity contribution in [3.63, 3.8) is 0 Å². The summed E-state index contributed by atoms with van der Waals surface area (Å²) in [4.78, 5) is 0. The Kier molecular flexibility index (Phi) is 3.39. The lowest BCUT2D eigenvalue weighted by Crippen LogP contribution is -2.34. The molecule has 0 aliphatic carbocycles. The number of halogens is 3. The summed E-state index contributed by atoms with van der Waals surface area (Å²) >= 11 is 0. The molecule has 0 radical (unpaired) electrons. The van der Waals surface area contributed by atoms with E-state index in [4.69, 9.17) is 5.73 Å². The second-order valence-corrected chi connectivity index (χ2v) is 4.28. The van der Waals surface area contributed by atoms with Crippen molar-refractivity contribution >= 4 is 0 Å². The highest BCUT2D eigenvalue weighted by atomic mass is 19.3. The van der Waals surface area contributed by atoms with Crippen molar-refractivity contribution in [3.8, 4) is 0 Å². The zero-order chi connectivity index (χ0) is 11.6.